The summed E-state index contributed by atoms with van der Waals surface area (Å²) in [6, 6.07) is 9.91. The molecule has 0 heterocycles. The number of halogens is 2. The molecule has 24 heavy (non-hydrogen) atoms. The Balaban J connectivity index is 2.25. The first-order chi connectivity index (χ1) is 11.2. The van der Waals surface area contributed by atoms with E-state index in [2.05, 4.69) is 5.32 Å². The van der Waals surface area contributed by atoms with Crippen LogP contribution in [-0.4, -0.2) is 32.7 Å². The maximum Gasteiger partial charge on any atom is 0.253 e. The Labute approximate surface area is 145 Å². The molecule has 0 radical (unpaired) electrons. The summed E-state index contributed by atoms with van der Waals surface area (Å²) < 4.78 is 38.9. The molecule has 0 saturated carbocycles. The zero-order chi connectivity index (χ0) is 17.9. The molecule has 2 aromatic rings. The van der Waals surface area contributed by atoms with E-state index in [0.717, 1.165) is 4.31 Å². The molecule has 2 aromatic carbocycles. The lowest BCUT2D eigenvalue weighted by atomic mass is 10.2. The van der Waals surface area contributed by atoms with Crippen molar-refractivity contribution in [2.75, 3.05) is 14.1 Å². The minimum atomic E-state index is -3.69. The minimum absolute atomic E-state index is 0.0101. The van der Waals surface area contributed by atoms with Crippen molar-refractivity contribution in [2.45, 2.75) is 11.4 Å². The smallest absolute Gasteiger partial charge is 0.253 e. The number of hydrogen-bond acceptors (Lipinski definition) is 3. The van der Waals surface area contributed by atoms with Crippen LogP contribution in [0.2, 0.25) is 5.02 Å². The monoisotopic (exact) mass is 370 g/mol. The molecule has 0 atom stereocenters. The van der Waals surface area contributed by atoms with Gasteiger partial charge in [-0.3, -0.25) is 4.79 Å². The average Bonchev–Trinajstić information content (AvgIpc) is 2.54. The first kappa shape index (κ1) is 18.4. The molecule has 8 heteroatoms. The van der Waals surface area contributed by atoms with Gasteiger partial charge in [-0.05, 0) is 24.3 Å². The van der Waals surface area contributed by atoms with Crippen LogP contribution in [0.15, 0.2) is 47.4 Å². The molecule has 5 nitrogen and oxygen atoms in total. The Morgan fingerprint density at radius 3 is 2.50 bits per heavy atom. The minimum Gasteiger partial charge on any atom is -0.348 e. The quantitative estimate of drug-likeness (QED) is 0.879. The first-order valence-corrected chi connectivity index (χ1v) is 8.79. The van der Waals surface area contributed by atoms with E-state index in [9.17, 15) is 17.6 Å². The predicted octanol–water partition coefficient (Wildman–Crippen LogP) is 2.66. The molecular formula is C16H16ClFN2O3S. The highest BCUT2D eigenvalue weighted by Crippen LogP contribution is 2.22. The van der Waals surface area contributed by atoms with Gasteiger partial charge < -0.3 is 5.32 Å². The van der Waals surface area contributed by atoms with Gasteiger partial charge in [0.05, 0.1) is 15.5 Å². The van der Waals surface area contributed by atoms with Gasteiger partial charge in [-0.2, -0.15) is 0 Å². The van der Waals surface area contributed by atoms with E-state index in [-0.39, 0.29) is 22.0 Å². The Bertz CT molecular complexity index is 869. The van der Waals surface area contributed by atoms with Crippen molar-refractivity contribution in [1.29, 1.82) is 0 Å². The molecule has 0 unspecified atom stereocenters. The van der Waals surface area contributed by atoms with E-state index in [1.807, 2.05) is 0 Å². The third kappa shape index (κ3) is 3.92. The summed E-state index contributed by atoms with van der Waals surface area (Å²) in [6.45, 7) is -0.0352. The number of hydrogen-bond donors (Lipinski definition) is 1. The molecule has 0 spiro atoms. The maximum atomic E-state index is 13.6. The number of rotatable bonds is 5. The van der Waals surface area contributed by atoms with Gasteiger partial charge in [-0.15, -0.1) is 0 Å². The Morgan fingerprint density at radius 1 is 1.21 bits per heavy atom. The molecule has 0 saturated heterocycles. The molecule has 0 aliphatic rings. The van der Waals surface area contributed by atoms with Gasteiger partial charge >= 0.3 is 0 Å². The van der Waals surface area contributed by atoms with Gasteiger partial charge in [0.25, 0.3) is 5.91 Å². The summed E-state index contributed by atoms with van der Waals surface area (Å²) in [4.78, 5) is 12.2. The molecule has 128 valence electrons. The third-order valence-electron chi connectivity index (χ3n) is 3.36. The van der Waals surface area contributed by atoms with E-state index in [4.69, 9.17) is 11.6 Å². The molecule has 0 fully saturated rings. The van der Waals surface area contributed by atoms with E-state index < -0.39 is 21.7 Å². The largest absolute Gasteiger partial charge is 0.348 e. The second-order valence-corrected chi connectivity index (χ2v) is 7.76. The molecule has 0 aliphatic heterocycles. The number of benzene rings is 2. The molecule has 1 amide bonds. The summed E-state index contributed by atoms with van der Waals surface area (Å²) in [5.74, 6) is -1.02. The van der Waals surface area contributed by atoms with Crippen molar-refractivity contribution in [3.8, 4) is 0 Å². The van der Waals surface area contributed by atoms with Gasteiger partial charge in [0.2, 0.25) is 10.0 Å². The molecule has 0 aliphatic carbocycles. The Morgan fingerprint density at radius 2 is 1.88 bits per heavy atom. The highest BCUT2D eigenvalue weighted by Gasteiger charge is 2.20. The summed E-state index contributed by atoms with van der Waals surface area (Å²) in [6.07, 6.45) is 0. The molecule has 0 aromatic heterocycles. The number of amides is 1. The van der Waals surface area contributed by atoms with Crippen molar-refractivity contribution in [3.63, 3.8) is 0 Å². The SMILES string of the molecule is CN(C)S(=O)(=O)c1ccc(Cl)c(C(=O)NCc2ccccc2F)c1. The summed E-state index contributed by atoms with van der Waals surface area (Å²) in [7, 11) is -0.907. The lowest BCUT2D eigenvalue weighted by Crippen LogP contribution is -2.25. The lowest BCUT2D eigenvalue weighted by Gasteiger charge is -2.13. The number of nitrogens with zero attached hydrogens (tertiary/aromatic N) is 1. The lowest BCUT2D eigenvalue weighted by molar-refractivity contribution is 0.0950. The second kappa shape index (κ2) is 7.29. The van der Waals surface area contributed by atoms with Crippen LogP contribution in [0.1, 0.15) is 15.9 Å². The van der Waals surface area contributed by atoms with Crippen LogP contribution in [0, 0.1) is 5.82 Å². The van der Waals surface area contributed by atoms with Crippen molar-refractivity contribution >= 4 is 27.5 Å². The van der Waals surface area contributed by atoms with E-state index in [0.29, 0.717) is 5.56 Å². The van der Waals surface area contributed by atoms with Gasteiger partial charge in [0.1, 0.15) is 5.82 Å². The van der Waals surface area contributed by atoms with Crippen LogP contribution < -0.4 is 5.32 Å². The third-order valence-corrected chi connectivity index (χ3v) is 5.50. The zero-order valence-corrected chi connectivity index (χ0v) is 14.7. The molecule has 2 rings (SSSR count). The van der Waals surface area contributed by atoms with Crippen molar-refractivity contribution < 1.29 is 17.6 Å². The summed E-state index contributed by atoms with van der Waals surface area (Å²) >= 11 is 5.99. The van der Waals surface area contributed by atoms with Crippen molar-refractivity contribution in [2.24, 2.45) is 0 Å². The molecule has 1 N–H and O–H groups in total. The Hall–Kier alpha value is -1.96. The van der Waals surface area contributed by atoms with Gasteiger partial charge in [0, 0.05) is 26.2 Å². The summed E-state index contributed by atoms with van der Waals surface area (Å²) in [5.41, 5.74) is 0.329. The van der Waals surface area contributed by atoms with Gasteiger partial charge in [0.15, 0.2) is 0 Å². The fraction of sp³-hybridized carbons (Fsp3) is 0.188. The Kier molecular flexibility index (Phi) is 5.58. The normalized spacial score (nSPS) is 11.5. The highest BCUT2D eigenvalue weighted by molar-refractivity contribution is 7.89. The first-order valence-electron chi connectivity index (χ1n) is 6.97. The topological polar surface area (TPSA) is 66.5 Å². The molecule has 0 bridgehead atoms. The van der Waals surface area contributed by atoms with E-state index >= 15 is 0 Å². The van der Waals surface area contributed by atoms with Gasteiger partial charge in [-0.25, -0.2) is 17.1 Å². The van der Waals surface area contributed by atoms with Crippen LogP contribution in [0.25, 0.3) is 0 Å². The van der Waals surface area contributed by atoms with Crippen LogP contribution in [0.3, 0.4) is 0 Å². The standard InChI is InChI=1S/C16H16ClFN2O3S/c1-20(2)24(22,23)12-7-8-14(17)13(9-12)16(21)19-10-11-5-3-4-6-15(11)18/h3-9H,10H2,1-2H3,(H,19,21). The van der Waals surface area contributed by atoms with E-state index in [1.54, 1.807) is 18.2 Å². The van der Waals surface area contributed by atoms with Crippen LogP contribution in [-0.2, 0) is 16.6 Å². The summed E-state index contributed by atoms with van der Waals surface area (Å²) in [5, 5.41) is 2.64. The number of sulfonamides is 1. The van der Waals surface area contributed by atoms with Crippen molar-refractivity contribution in [1.82, 2.24) is 9.62 Å². The maximum absolute atomic E-state index is 13.6. The predicted molar refractivity (Wildman–Crippen MR) is 89.9 cm³/mol. The number of nitrogens with one attached hydrogen (secondary N) is 1. The number of carbonyl (C=O) groups is 1. The second-order valence-electron chi connectivity index (χ2n) is 5.20. The average molecular weight is 371 g/mol. The van der Waals surface area contributed by atoms with Gasteiger partial charge in [-0.1, -0.05) is 29.8 Å². The molecular weight excluding hydrogens is 355 g/mol. The zero-order valence-electron chi connectivity index (χ0n) is 13.1. The van der Waals surface area contributed by atoms with Crippen LogP contribution >= 0.6 is 11.6 Å². The highest BCUT2D eigenvalue weighted by atomic mass is 35.5. The fourth-order valence-electron chi connectivity index (χ4n) is 1.96. The van der Waals surface area contributed by atoms with E-state index in [1.165, 1.54) is 38.4 Å². The van der Waals surface area contributed by atoms with Crippen LogP contribution in [0.5, 0.6) is 0 Å². The number of carbonyl (C=O) groups excluding carboxylic acids is 1. The fourth-order valence-corrected chi connectivity index (χ4v) is 3.09. The van der Waals surface area contributed by atoms with Crippen molar-refractivity contribution in [3.05, 3.63) is 64.4 Å². The van der Waals surface area contributed by atoms with Crippen LogP contribution in [0.4, 0.5) is 4.39 Å².